The van der Waals surface area contributed by atoms with E-state index < -0.39 is 31.8 Å². The van der Waals surface area contributed by atoms with Crippen molar-refractivity contribution >= 4 is 21.6 Å². The molecule has 0 radical (unpaired) electrons. The molecule has 9 heteroatoms. The fourth-order valence-corrected chi connectivity index (χ4v) is 3.85. The highest BCUT2D eigenvalue weighted by Gasteiger charge is 2.32. The number of alkyl carbamates (subject to hydrolysis) is 1. The Kier molecular flexibility index (Phi) is 5.85. The number of nitro benzene ring substituents is 1. The molecule has 144 valence electrons. The van der Waals surface area contributed by atoms with Gasteiger partial charge in [0.25, 0.3) is 5.69 Å². The third-order valence-electron chi connectivity index (χ3n) is 3.44. The maximum absolute atomic E-state index is 13.0. The molecule has 0 aliphatic heterocycles. The van der Waals surface area contributed by atoms with E-state index in [4.69, 9.17) is 4.74 Å². The van der Waals surface area contributed by atoms with Crippen LogP contribution in [0.25, 0.3) is 0 Å². The average molecular weight is 392 g/mol. The third kappa shape index (κ3) is 5.27. The van der Waals surface area contributed by atoms with Crippen LogP contribution in [0, 0.1) is 10.1 Å². The van der Waals surface area contributed by atoms with E-state index in [0.29, 0.717) is 0 Å². The van der Waals surface area contributed by atoms with Crippen molar-refractivity contribution < 1.29 is 22.9 Å². The van der Waals surface area contributed by atoms with Gasteiger partial charge in [-0.3, -0.25) is 10.1 Å². The first-order chi connectivity index (χ1) is 12.5. The van der Waals surface area contributed by atoms with E-state index >= 15 is 0 Å². The standard InChI is InChI=1S/C18H20N2O6S/c1-18(2,3)26-17(21)19-16(13-9-11-14(12-10-13)20(22)23)27(24,25)15-7-5-4-6-8-15/h4-12,16H,1-3H3,(H,19,21). The Morgan fingerprint density at radius 2 is 1.63 bits per heavy atom. The molecule has 27 heavy (non-hydrogen) atoms. The number of nitrogens with zero attached hydrogens (tertiary/aromatic N) is 1. The smallest absolute Gasteiger partial charge is 0.408 e. The van der Waals surface area contributed by atoms with Crippen LogP contribution in [0.4, 0.5) is 10.5 Å². The molecule has 0 aliphatic carbocycles. The van der Waals surface area contributed by atoms with Crippen LogP contribution in [-0.4, -0.2) is 25.0 Å². The van der Waals surface area contributed by atoms with E-state index in [1.807, 2.05) is 0 Å². The van der Waals surface area contributed by atoms with Gasteiger partial charge in [-0.25, -0.2) is 13.2 Å². The molecule has 0 bridgehead atoms. The number of nitro groups is 1. The Labute approximate surface area is 157 Å². The van der Waals surface area contributed by atoms with E-state index in [-0.39, 0.29) is 16.1 Å². The van der Waals surface area contributed by atoms with Crippen LogP contribution in [-0.2, 0) is 14.6 Å². The van der Waals surface area contributed by atoms with Crippen LogP contribution in [0.3, 0.4) is 0 Å². The second-order valence-electron chi connectivity index (χ2n) is 6.73. The molecule has 0 spiro atoms. The Bertz CT molecular complexity index is 919. The van der Waals surface area contributed by atoms with Crippen LogP contribution in [0.2, 0.25) is 0 Å². The minimum absolute atomic E-state index is 0.00408. The van der Waals surface area contributed by atoms with E-state index in [9.17, 15) is 23.3 Å². The molecule has 0 aromatic heterocycles. The monoisotopic (exact) mass is 392 g/mol. The number of hydrogen-bond acceptors (Lipinski definition) is 6. The number of nitrogens with one attached hydrogen (secondary N) is 1. The third-order valence-corrected chi connectivity index (χ3v) is 5.38. The first kappa shape index (κ1) is 20.4. The molecule has 0 heterocycles. The van der Waals surface area contributed by atoms with Crippen molar-refractivity contribution in [1.29, 1.82) is 0 Å². The Morgan fingerprint density at radius 1 is 1.07 bits per heavy atom. The zero-order chi connectivity index (χ0) is 20.2. The van der Waals surface area contributed by atoms with Crippen molar-refractivity contribution in [3.63, 3.8) is 0 Å². The maximum Gasteiger partial charge on any atom is 0.408 e. The molecule has 1 N–H and O–H groups in total. The van der Waals surface area contributed by atoms with Crippen LogP contribution in [0.5, 0.6) is 0 Å². The summed E-state index contributed by atoms with van der Waals surface area (Å²) in [6.45, 7) is 4.96. The van der Waals surface area contributed by atoms with Crippen LogP contribution in [0.15, 0.2) is 59.5 Å². The molecule has 8 nitrogen and oxygen atoms in total. The Hall–Kier alpha value is -2.94. The summed E-state index contributed by atoms with van der Waals surface area (Å²) in [4.78, 5) is 22.4. The second-order valence-corrected chi connectivity index (χ2v) is 8.77. The van der Waals surface area contributed by atoms with Gasteiger partial charge in [0.2, 0.25) is 9.84 Å². The Morgan fingerprint density at radius 3 is 2.11 bits per heavy atom. The number of carbonyl (C=O) groups is 1. The number of rotatable bonds is 5. The number of non-ortho nitro benzene ring substituents is 1. The number of benzene rings is 2. The van der Waals surface area contributed by atoms with Gasteiger partial charge < -0.3 is 10.1 Å². The van der Waals surface area contributed by atoms with Crippen LogP contribution in [0.1, 0.15) is 31.7 Å². The second kappa shape index (κ2) is 7.75. The van der Waals surface area contributed by atoms with Gasteiger partial charge in [0.05, 0.1) is 9.82 Å². The molecule has 2 rings (SSSR count). The van der Waals surface area contributed by atoms with Crippen molar-refractivity contribution in [2.75, 3.05) is 0 Å². The molecule has 1 amide bonds. The number of amides is 1. The summed E-state index contributed by atoms with van der Waals surface area (Å²) in [7, 11) is -4.02. The molecule has 0 saturated heterocycles. The van der Waals surface area contributed by atoms with Gasteiger partial charge >= 0.3 is 6.09 Å². The lowest BCUT2D eigenvalue weighted by atomic mass is 10.2. The quantitative estimate of drug-likeness (QED) is 0.614. The predicted octanol–water partition coefficient (Wildman–Crippen LogP) is 3.59. The van der Waals surface area contributed by atoms with E-state index in [2.05, 4.69) is 5.32 Å². The van der Waals surface area contributed by atoms with Crippen molar-refractivity contribution in [3.8, 4) is 0 Å². The summed E-state index contributed by atoms with van der Waals surface area (Å²) in [6, 6.07) is 12.6. The zero-order valence-corrected chi connectivity index (χ0v) is 15.9. The largest absolute Gasteiger partial charge is 0.444 e. The van der Waals surface area contributed by atoms with Gasteiger partial charge in [0.15, 0.2) is 5.37 Å². The molecule has 2 aromatic carbocycles. The molecule has 1 atom stereocenters. The van der Waals surface area contributed by atoms with Gasteiger partial charge in [-0.1, -0.05) is 18.2 Å². The fourth-order valence-electron chi connectivity index (χ4n) is 2.27. The summed E-state index contributed by atoms with van der Waals surface area (Å²) in [5, 5.41) is 11.7. The van der Waals surface area contributed by atoms with Crippen molar-refractivity contribution in [2.45, 2.75) is 36.6 Å². The highest BCUT2D eigenvalue weighted by atomic mass is 32.2. The molecular formula is C18H20N2O6S. The fraction of sp³-hybridized carbons (Fsp3) is 0.278. The number of carbonyl (C=O) groups excluding carboxylic acids is 1. The molecule has 0 saturated carbocycles. The van der Waals surface area contributed by atoms with Gasteiger partial charge in [0.1, 0.15) is 5.60 Å². The molecule has 0 fully saturated rings. The van der Waals surface area contributed by atoms with Gasteiger partial charge in [-0.2, -0.15) is 0 Å². The average Bonchev–Trinajstić information content (AvgIpc) is 2.59. The highest BCUT2D eigenvalue weighted by Crippen LogP contribution is 2.28. The SMILES string of the molecule is CC(C)(C)OC(=O)NC(c1ccc([N+](=O)[O-])cc1)S(=O)(=O)c1ccccc1. The topological polar surface area (TPSA) is 116 Å². The minimum atomic E-state index is -4.02. The summed E-state index contributed by atoms with van der Waals surface area (Å²) < 4.78 is 31.3. The van der Waals surface area contributed by atoms with Crippen LogP contribution < -0.4 is 5.32 Å². The molecular weight excluding hydrogens is 372 g/mol. The van der Waals surface area contributed by atoms with Crippen molar-refractivity contribution in [3.05, 3.63) is 70.3 Å². The van der Waals surface area contributed by atoms with E-state index in [1.165, 1.54) is 36.4 Å². The first-order valence-corrected chi connectivity index (χ1v) is 9.58. The number of hydrogen-bond donors (Lipinski definition) is 1. The summed E-state index contributed by atoms with van der Waals surface area (Å²) in [5.74, 6) is 0. The summed E-state index contributed by atoms with van der Waals surface area (Å²) >= 11 is 0. The van der Waals surface area contributed by atoms with Gasteiger partial charge in [-0.15, -0.1) is 0 Å². The molecule has 0 aliphatic rings. The maximum atomic E-state index is 13.0. The minimum Gasteiger partial charge on any atom is -0.444 e. The van der Waals surface area contributed by atoms with Crippen molar-refractivity contribution in [2.24, 2.45) is 0 Å². The lowest BCUT2D eigenvalue weighted by molar-refractivity contribution is -0.384. The first-order valence-electron chi connectivity index (χ1n) is 8.03. The normalized spacial score (nSPS) is 12.9. The summed E-state index contributed by atoms with van der Waals surface area (Å²) in [5.41, 5.74) is -0.831. The number of sulfone groups is 1. The summed E-state index contributed by atoms with van der Waals surface area (Å²) in [6.07, 6.45) is -0.912. The van der Waals surface area contributed by atoms with Gasteiger partial charge in [-0.05, 0) is 50.6 Å². The predicted molar refractivity (Wildman–Crippen MR) is 98.8 cm³/mol. The number of ether oxygens (including phenoxy) is 1. The lowest BCUT2D eigenvalue weighted by Crippen LogP contribution is -2.38. The Balaban J connectivity index is 2.45. The van der Waals surface area contributed by atoms with Gasteiger partial charge in [0, 0.05) is 12.1 Å². The van der Waals surface area contributed by atoms with E-state index in [1.54, 1.807) is 39.0 Å². The van der Waals surface area contributed by atoms with Crippen LogP contribution >= 0.6 is 0 Å². The molecule has 1 unspecified atom stereocenters. The van der Waals surface area contributed by atoms with E-state index in [0.717, 1.165) is 0 Å². The highest BCUT2D eigenvalue weighted by molar-refractivity contribution is 7.91. The van der Waals surface area contributed by atoms with Crippen molar-refractivity contribution in [1.82, 2.24) is 5.32 Å². The lowest BCUT2D eigenvalue weighted by Gasteiger charge is -2.24. The molecule has 2 aromatic rings. The zero-order valence-electron chi connectivity index (χ0n) is 15.1.